The molecule has 1 aliphatic rings. The number of ether oxygens (including phenoxy) is 1. The monoisotopic (exact) mass is 272 g/mol. The lowest BCUT2D eigenvalue weighted by atomic mass is 9.95. The zero-order valence-electron chi connectivity index (χ0n) is 13.0. The van der Waals surface area contributed by atoms with Gasteiger partial charge in [-0.15, -0.1) is 0 Å². The maximum atomic E-state index is 11.3. The summed E-state index contributed by atoms with van der Waals surface area (Å²) in [5.74, 6) is -0.804. The van der Waals surface area contributed by atoms with Crippen molar-refractivity contribution in [2.75, 3.05) is 26.7 Å². The smallest absolute Gasteiger partial charge is 0.323 e. The third kappa shape index (κ3) is 4.44. The van der Waals surface area contributed by atoms with Crippen LogP contribution in [-0.4, -0.2) is 59.4 Å². The van der Waals surface area contributed by atoms with Crippen LogP contribution < -0.4 is 5.32 Å². The Balaban J connectivity index is 2.65. The highest BCUT2D eigenvalue weighted by Gasteiger charge is 2.39. The lowest BCUT2D eigenvalue weighted by Gasteiger charge is -2.47. The summed E-state index contributed by atoms with van der Waals surface area (Å²) in [6.45, 7) is 12.5. The molecule has 1 aliphatic heterocycles. The average Bonchev–Trinajstić information content (AvgIpc) is 2.21. The van der Waals surface area contributed by atoms with Crippen LogP contribution in [0.3, 0.4) is 0 Å². The zero-order chi connectivity index (χ0) is 14.9. The topological polar surface area (TPSA) is 61.8 Å². The van der Waals surface area contributed by atoms with E-state index in [9.17, 15) is 9.90 Å². The van der Waals surface area contributed by atoms with Crippen molar-refractivity contribution in [3.8, 4) is 0 Å². The van der Waals surface area contributed by atoms with Crippen LogP contribution in [0.1, 0.15) is 41.0 Å². The molecule has 2 N–H and O–H groups in total. The minimum Gasteiger partial charge on any atom is -0.480 e. The Morgan fingerprint density at radius 1 is 1.32 bits per heavy atom. The summed E-state index contributed by atoms with van der Waals surface area (Å²) in [6.07, 6.45) is 0.574. The van der Waals surface area contributed by atoms with Crippen molar-refractivity contribution in [2.24, 2.45) is 0 Å². The quantitative estimate of drug-likeness (QED) is 0.790. The molecule has 1 unspecified atom stereocenters. The molecular formula is C14H28N2O3. The summed E-state index contributed by atoms with van der Waals surface area (Å²) in [6, 6.07) is 0. The van der Waals surface area contributed by atoms with Crippen molar-refractivity contribution in [1.82, 2.24) is 10.2 Å². The van der Waals surface area contributed by atoms with E-state index in [1.54, 1.807) is 14.0 Å². The Morgan fingerprint density at radius 2 is 1.79 bits per heavy atom. The molecule has 0 spiro atoms. The van der Waals surface area contributed by atoms with E-state index < -0.39 is 11.5 Å². The first kappa shape index (κ1) is 16.4. The Kier molecular flexibility index (Phi) is 4.65. The fourth-order valence-corrected chi connectivity index (χ4v) is 2.82. The first-order valence-corrected chi connectivity index (χ1v) is 6.85. The number of carboxylic acids is 1. The summed E-state index contributed by atoms with van der Waals surface area (Å²) in [4.78, 5) is 13.6. The first-order chi connectivity index (χ1) is 8.50. The molecule has 0 bridgehead atoms. The second-order valence-corrected chi connectivity index (χ2v) is 6.97. The van der Waals surface area contributed by atoms with Crippen LogP contribution in [-0.2, 0) is 9.53 Å². The predicted octanol–water partition coefficient (Wildman–Crippen LogP) is 1.33. The summed E-state index contributed by atoms with van der Waals surface area (Å²) in [5, 5.41) is 12.2. The average molecular weight is 272 g/mol. The van der Waals surface area contributed by atoms with E-state index in [2.05, 4.69) is 37.9 Å². The number of hydrogen-bond acceptors (Lipinski definition) is 4. The number of rotatable bonds is 5. The minimum atomic E-state index is -0.868. The van der Waals surface area contributed by atoms with Crippen molar-refractivity contribution < 1.29 is 14.6 Å². The van der Waals surface area contributed by atoms with E-state index in [1.807, 2.05) is 0 Å². The van der Waals surface area contributed by atoms with Crippen LogP contribution in [0.2, 0.25) is 0 Å². The molecule has 0 aliphatic carbocycles. The maximum Gasteiger partial charge on any atom is 0.323 e. The molecule has 5 heteroatoms. The predicted molar refractivity (Wildman–Crippen MR) is 75.4 cm³/mol. The number of likely N-dealkylation sites (N-methyl/N-ethyl adjacent to an activating group) is 1. The third-order valence-electron chi connectivity index (χ3n) is 3.71. The van der Waals surface area contributed by atoms with Crippen molar-refractivity contribution in [3.05, 3.63) is 0 Å². The molecule has 112 valence electrons. The van der Waals surface area contributed by atoms with Gasteiger partial charge in [-0.25, -0.2) is 0 Å². The van der Waals surface area contributed by atoms with E-state index in [-0.39, 0.29) is 11.2 Å². The van der Waals surface area contributed by atoms with Crippen LogP contribution in [0.5, 0.6) is 0 Å². The number of carbonyl (C=O) groups is 1. The van der Waals surface area contributed by atoms with Gasteiger partial charge in [0, 0.05) is 19.6 Å². The largest absolute Gasteiger partial charge is 0.480 e. The van der Waals surface area contributed by atoms with Crippen molar-refractivity contribution >= 4 is 5.97 Å². The second-order valence-electron chi connectivity index (χ2n) is 6.97. The number of hydrogen-bond donors (Lipinski definition) is 2. The lowest BCUT2D eigenvalue weighted by Crippen LogP contribution is -2.58. The fraction of sp³-hybridized carbons (Fsp3) is 0.929. The summed E-state index contributed by atoms with van der Waals surface area (Å²) >= 11 is 0. The summed E-state index contributed by atoms with van der Waals surface area (Å²) in [5.41, 5.74) is -1.26. The van der Waals surface area contributed by atoms with E-state index in [0.29, 0.717) is 6.42 Å². The van der Waals surface area contributed by atoms with Crippen LogP contribution in [0, 0.1) is 0 Å². The first-order valence-electron chi connectivity index (χ1n) is 6.85. The normalized spacial score (nSPS) is 25.8. The highest BCUT2D eigenvalue weighted by Crippen LogP contribution is 2.28. The zero-order valence-corrected chi connectivity index (χ0v) is 13.0. The Hall–Kier alpha value is -0.650. The van der Waals surface area contributed by atoms with Crippen LogP contribution in [0.15, 0.2) is 0 Å². The van der Waals surface area contributed by atoms with Crippen LogP contribution in [0.25, 0.3) is 0 Å². The fourth-order valence-electron chi connectivity index (χ4n) is 2.82. The number of nitrogens with zero attached hydrogens (tertiary/aromatic N) is 1. The van der Waals surface area contributed by atoms with Gasteiger partial charge in [-0.3, -0.25) is 9.69 Å². The molecule has 0 amide bonds. The van der Waals surface area contributed by atoms with E-state index in [1.165, 1.54) is 0 Å². The summed E-state index contributed by atoms with van der Waals surface area (Å²) in [7, 11) is 1.70. The van der Waals surface area contributed by atoms with E-state index >= 15 is 0 Å². The van der Waals surface area contributed by atoms with Gasteiger partial charge in [-0.1, -0.05) is 0 Å². The van der Waals surface area contributed by atoms with E-state index in [4.69, 9.17) is 4.74 Å². The van der Waals surface area contributed by atoms with Gasteiger partial charge < -0.3 is 15.2 Å². The third-order valence-corrected chi connectivity index (χ3v) is 3.71. The molecule has 0 aromatic rings. The molecule has 1 atom stereocenters. The van der Waals surface area contributed by atoms with Crippen molar-refractivity contribution in [3.63, 3.8) is 0 Å². The minimum absolute atomic E-state index is 0.193. The Labute approximate surface area is 116 Å². The number of nitrogens with one attached hydrogen (secondary N) is 1. The molecule has 1 fully saturated rings. The molecule has 0 saturated carbocycles. The number of morpholine rings is 1. The number of aliphatic carboxylic acids is 1. The molecule has 1 heterocycles. The SMILES string of the molecule is CNC(C)(CCN1CC(C)(C)OC(C)(C)C1)C(=O)O. The second kappa shape index (κ2) is 5.38. The molecule has 1 saturated heterocycles. The Morgan fingerprint density at radius 3 is 2.16 bits per heavy atom. The molecule has 19 heavy (non-hydrogen) atoms. The molecule has 0 radical (unpaired) electrons. The van der Waals surface area contributed by atoms with Crippen LogP contribution in [0.4, 0.5) is 0 Å². The van der Waals surface area contributed by atoms with Gasteiger partial charge in [0.05, 0.1) is 11.2 Å². The summed E-state index contributed by atoms with van der Waals surface area (Å²) < 4.78 is 6.02. The molecule has 0 aromatic carbocycles. The van der Waals surface area contributed by atoms with E-state index in [0.717, 1.165) is 19.6 Å². The Bertz CT molecular complexity index is 326. The van der Waals surface area contributed by atoms with Crippen molar-refractivity contribution in [2.45, 2.75) is 57.8 Å². The van der Waals surface area contributed by atoms with Gasteiger partial charge >= 0.3 is 5.97 Å². The highest BCUT2D eigenvalue weighted by molar-refractivity contribution is 5.78. The highest BCUT2D eigenvalue weighted by atomic mass is 16.5. The number of carboxylic acid groups (broad SMARTS) is 1. The van der Waals surface area contributed by atoms with Gasteiger partial charge in [-0.2, -0.15) is 0 Å². The van der Waals surface area contributed by atoms with Gasteiger partial charge in [-0.05, 0) is 48.1 Å². The van der Waals surface area contributed by atoms with Gasteiger partial charge in [0.25, 0.3) is 0 Å². The van der Waals surface area contributed by atoms with Crippen LogP contribution >= 0.6 is 0 Å². The van der Waals surface area contributed by atoms with Crippen molar-refractivity contribution in [1.29, 1.82) is 0 Å². The maximum absolute atomic E-state index is 11.3. The van der Waals surface area contributed by atoms with Gasteiger partial charge in [0.2, 0.25) is 0 Å². The lowest BCUT2D eigenvalue weighted by molar-refractivity contribution is -0.181. The molecular weight excluding hydrogens is 244 g/mol. The standard InChI is InChI=1S/C14H28N2O3/c1-12(2)9-16(10-13(3,4)19-12)8-7-14(5,15-6)11(17)18/h15H,7-10H2,1-6H3,(H,17,18). The van der Waals surface area contributed by atoms with Gasteiger partial charge in [0.1, 0.15) is 5.54 Å². The van der Waals surface area contributed by atoms with Gasteiger partial charge in [0.15, 0.2) is 0 Å². The molecule has 5 nitrogen and oxygen atoms in total. The molecule has 1 rings (SSSR count). The molecule has 0 aromatic heterocycles.